The highest BCUT2D eigenvalue weighted by molar-refractivity contribution is 5.67. The average Bonchev–Trinajstić information content (AvgIpc) is 2.14. The SMILES string of the molecule is CN1CCCCC1CNC(=O)OC(C)(C)C. The van der Waals surface area contributed by atoms with E-state index >= 15 is 0 Å². The molecular formula is C12H24N2O2. The maximum absolute atomic E-state index is 11.5. The lowest BCUT2D eigenvalue weighted by Crippen LogP contribution is -2.45. The summed E-state index contributed by atoms with van der Waals surface area (Å²) in [6.45, 7) is 7.43. The largest absolute Gasteiger partial charge is 0.444 e. The van der Waals surface area contributed by atoms with Crippen LogP contribution in [-0.2, 0) is 4.74 Å². The van der Waals surface area contributed by atoms with Gasteiger partial charge in [-0.25, -0.2) is 4.79 Å². The molecule has 1 rings (SSSR count). The number of nitrogens with one attached hydrogen (secondary N) is 1. The Labute approximate surface area is 98.3 Å². The van der Waals surface area contributed by atoms with Gasteiger partial charge in [0.05, 0.1) is 0 Å². The van der Waals surface area contributed by atoms with Gasteiger partial charge in [-0.05, 0) is 47.2 Å². The van der Waals surface area contributed by atoms with Crippen molar-refractivity contribution in [3.63, 3.8) is 0 Å². The monoisotopic (exact) mass is 228 g/mol. The summed E-state index contributed by atoms with van der Waals surface area (Å²) in [6.07, 6.45) is 3.36. The van der Waals surface area contributed by atoms with Crippen molar-refractivity contribution in [3.05, 3.63) is 0 Å². The van der Waals surface area contributed by atoms with E-state index in [-0.39, 0.29) is 6.09 Å². The summed E-state index contributed by atoms with van der Waals surface area (Å²) in [5.74, 6) is 0. The highest BCUT2D eigenvalue weighted by Crippen LogP contribution is 2.14. The number of carbonyl (C=O) groups is 1. The van der Waals surface area contributed by atoms with Crippen LogP contribution in [0.2, 0.25) is 0 Å². The molecule has 1 fully saturated rings. The number of alkyl carbamates (subject to hydrolysis) is 1. The molecule has 4 heteroatoms. The number of likely N-dealkylation sites (tertiary alicyclic amines) is 1. The Hall–Kier alpha value is -0.770. The molecule has 94 valence electrons. The molecule has 1 heterocycles. The van der Waals surface area contributed by atoms with Crippen LogP contribution >= 0.6 is 0 Å². The number of ether oxygens (including phenoxy) is 1. The Morgan fingerprint density at radius 2 is 2.12 bits per heavy atom. The molecule has 0 aromatic heterocycles. The van der Waals surface area contributed by atoms with Crippen molar-refractivity contribution in [2.24, 2.45) is 0 Å². The molecule has 0 saturated carbocycles. The third kappa shape index (κ3) is 4.84. The molecule has 4 nitrogen and oxygen atoms in total. The van der Waals surface area contributed by atoms with E-state index in [4.69, 9.17) is 4.74 Å². The fourth-order valence-corrected chi connectivity index (χ4v) is 1.92. The van der Waals surface area contributed by atoms with Crippen LogP contribution in [0.4, 0.5) is 4.79 Å². The van der Waals surface area contributed by atoms with E-state index in [9.17, 15) is 4.79 Å². The third-order valence-corrected chi connectivity index (χ3v) is 2.80. The maximum Gasteiger partial charge on any atom is 0.407 e. The second-order valence-electron chi connectivity index (χ2n) is 5.51. The van der Waals surface area contributed by atoms with Crippen LogP contribution in [0.15, 0.2) is 0 Å². The number of rotatable bonds is 2. The van der Waals surface area contributed by atoms with Gasteiger partial charge in [-0.3, -0.25) is 0 Å². The van der Waals surface area contributed by atoms with E-state index in [0.717, 1.165) is 13.0 Å². The van der Waals surface area contributed by atoms with Gasteiger partial charge in [-0.2, -0.15) is 0 Å². The minimum absolute atomic E-state index is 0.313. The standard InChI is InChI=1S/C12H24N2O2/c1-12(2,3)16-11(15)13-9-10-7-5-6-8-14(10)4/h10H,5-9H2,1-4H3,(H,13,15). The Kier molecular flexibility index (Phi) is 4.59. The van der Waals surface area contributed by atoms with E-state index in [1.807, 2.05) is 20.8 Å². The lowest BCUT2D eigenvalue weighted by molar-refractivity contribution is 0.0503. The van der Waals surface area contributed by atoms with Gasteiger partial charge in [-0.15, -0.1) is 0 Å². The maximum atomic E-state index is 11.5. The van der Waals surface area contributed by atoms with Crippen LogP contribution in [0.5, 0.6) is 0 Å². The van der Waals surface area contributed by atoms with E-state index in [2.05, 4.69) is 17.3 Å². The molecule has 0 aliphatic carbocycles. The zero-order valence-corrected chi connectivity index (χ0v) is 10.9. The molecule has 1 saturated heterocycles. The molecule has 0 aromatic carbocycles. The summed E-state index contributed by atoms with van der Waals surface area (Å²) in [7, 11) is 2.11. The summed E-state index contributed by atoms with van der Waals surface area (Å²) < 4.78 is 5.20. The molecule has 1 aliphatic rings. The third-order valence-electron chi connectivity index (χ3n) is 2.80. The number of piperidine rings is 1. The number of hydrogen-bond acceptors (Lipinski definition) is 3. The quantitative estimate of drug-likeness (QED) is 0.786. The summed E-state index contributed by atoms with van der Waals surface area (Å²) in [6, 6.07) is 0.460. The summed E-state index contributed by atoms with van der Waals surface area (Å²) in [5, 5.41) is 2.84. The van der Waals surface area contributed by atoms with Crippen molar-refractivity contribution < 1.29 is 9.53 Å². The van der Waals surface area contributed by atoms with Gasteiger partial charge in [0, 0.05) is 12.6 Å². The van der Waals surface area contributed by atoms with Gasteiger partial charge in [0.2, 0.25) is 0 Å². The Morgan fingerprint density at radius 3 is 2.69 bits per heavy atom. The summed E-state index contributed by atoms with van der Waals surface area (Å²) in [5.41, 5.74) is -0.414. The highest BCUT2D eigenvalue weighted by atomic mass is 16.6. The molecule has 0 spiro atoms. The predicted octanol–water partition coefficient (Wildman–Crippen LogP) is 2.00. The number of hydrogen-bond donors (Lipinski definition) is 1. The predicted molar refractivity (Wildman–Crippen MR) is 64.5 cm³/mol. The van der Waals surface area contributed by atoms with Crippen molar-refractivity contribution in [3.8, 4) is 0 Å². The first-order valence-electron chi connectivity index (χ1n) is 6.05. The van der Waals surface area contributed by atoms with Crippen molar-refractivity contribution in [1.82, 2.24) is 10.2 Å². The van der Waals surface area contributed by atoms with Gasteiger partial charge in [0.25, 0.3) is 0 Å². The molecule has 16 heavy (non-hydrogen) atoms. The first-order chi connectivity index (χ1) is 7.38. The van der Waals surface area contributed by atoms with Crippen LogP contribution < -0.4 is 5.32 Å². The fraction of sp³-hybridized carbons (Fsp3) is 0.917. The minimum atomic E-state index is -0.414. The number of nitrogens with zero attached hydrogens (tertiary/aromatic N) is 1. The highest BCUT2D eigenvalue weighted by Gasteiger charge is 2.21. The van der Waals surface area contributed by atoms with Gasteiger partial charge in [0.1, 0.15) is 5.60 Å². The molecule has 1 unspecified atom stereocenters. The molecule has 1 atom stereocenters. The molecule has 1 N–H and O–H groups in total. The molecular weight excluding hydrogens is 204 g/mol. The number of likely N-dealkylation sites (N-methyl/N-ethyl adjacent to an activating group) is 1. The van der Waals surface area contributed by atoms with Gasteiger partial charge < -0.3 is 15.0 Å². The van der Waals surface area contributed by atoms with Crippen molar-refractivity contribution in [1.29, 1.82) is 0 Å². The van der Waals surface area contributed by atoms with Gasteiger partial charge >= 0.3 is 6.09 Å². The molecule has 0 aromatic rings. The van der Waals surface area contributed by atoms with Crippen LogP contribution in [0.25, 0.3) is 0 Å². The van der Waals surface area contributed by atoms with Crippen LogP contribution in [-0.4, -0.2) is 42.8 Å². The van der Waals surface area contributed by atoms with Crippen LogP contribution in [0.1, 0.15) is 40.0 Å². The number of amides is 1. The zero-order valence-electron chi connectivity index (χ0n) is 10.9. The second kappa shape index (κ2) is 5.53. The first-order valence-corrected chi connectivity index (χ1v) is 6.05. The minimum Gasteiger partial charge on any atom is -0.444 e. The number of carbonyl (C=O) groups excluding carboxylic acids is 1. The summed E-state index contributed by atoms with van der Waals surface area (Å²) in [4.78, 5) is 13.8. The van der Waals surface area contributed by atoms with E-state index in [0.29, 0.717) is 12.6 Å². The van der Waals surface area contributed by atoms with Crippen molar-refractivity contribution in [2.75, 3.05) is 20.1 Å². The lowest BCUT2D eigenvalue weighted by Gasteiger charge is -2.32. The molecule has 0 bridgehead atoms. The molecule has 1 amide bonds. The normalized spacial score (nSPS) is 22.9. The van der Waals surface area contributed by atoms with E-state index in [1.165, 1.54) is 12.8 Å². The second-order valence-corrected chi connectivity index (χ2v) is 5.51. The average molecular weight is 228 g/mol. The lowest BCUT2D eigenvalue weighted by atomic mass is 10.0. The first kappa shape index (κ1) is 13.3. The van der Waals surface area contributed by atoms with Crippen molar-refractivity contribution >= 4 is 6.09 Å². The zero-order chi connectivity index (χ0) is 12.2. The van der Waals surface area contributed by atoms with E-state index < -0.39 is 5.60 Å². The molecule has 1 aliphatic heterocycles. The van der Waals surface area contributed by atoms with Gasteiger partial charge in [-0.1, -0.05) is 6.42 Å². The van der Waals surface area contributed by atoms with Crippen LogP contribution in [0, 0.1) is 0 Å². The van der Waals surface area contributed by atoms with Crippen molar-refractivity contribution in [2.45, 2.75) is 51.7 Å². The van der Waals surface area contributed by atoms with E-state index in [1.54, 1.807) is 0 Å². The Bertz CT molecular complexity index is 236. The summed E-state index contributed by atoms with van der Waals surface area (Å²) >= 11 is 0. The smallest absolute Gasteiger partial charge is 0.407 e. The fourth-order valence-electron chi connectivity index (χ4n) is 1.92. The molecule has 0 radical (unpaired) electrons. The Morgan fingerprint density at radius 1 is 1.44 bits per heavy atom. The Balaban J connectivity index is 2.25. The topological polar surface area (TPSA) is 41.6 Å². The van der Waals surface area contributed by atoms with Crippen LogP contribution in [0.3, 0.4) is 0 Å². The van der Waals surface area contributed by atoms with Gasteiger partial charge in [0.15, 0.2) is 0 Å².